The van der Waals surface area contributed by atoms with E-state index in [1.54, 1.807) is 4.52 Å². The van der Waals surface area contributed by atoms with Gasteiger partial charge < -0.3 is 10.2 Å². The van der Waals surface area contributed by atoms with Crippen molar-refractivity contribution >= 4 is 17.5 Å². The Morgan fingerprint density at radius 2 is 1.96 bits per heavy atom. The fourth-order valence-electron chi connectivity index (χ4n) is 3.90. The summed E-state index contributed by atoms with van der Waals surface area (Å²) in [6.07, 6.45) is 8.09. The summed E-state index contributed by atoms with van der Waals surface area (Å²) in [6, 6.07) is 2.45. The summed E-state index contributed by atoms with van der Waals surface area (Å²) in [5.41, 5.74) is 0.937. The third kappa shape index (κ3) is 2.95. The highest BCUT2D eigenvalue weighted by Gasteiger charge is 2.28. The average molecular weight is 328 g/mol. The fourth-order valence-corrected chi connectivity index (χ4v) is 3.90. The van der Waals surface area contributed by atoms with Gasteiger partial charge in [0.15, 0.2) is 0 Å². The van der Waals surface area contributed by atoms with Crippen LogP contribution in [0, 0.1) is 12.8 Å². The van der Waals surface area contributed by atoms with Gasteiger partial charge in [-0.05, 0) is 32.6 Å². The molecule has 7 heteroatoms. The van der Waals surface area contributed by atoms with Crippen molar-refractivity contribution in [3.8, 4) is 0 Å². The molecule has 0 spiro atoms. The lowest BCUT2D eigenvalue weighted by Crippen LogP contribution is -2.43. The van der Waals surface area contributed by atoms with E-state index in [1.165, 1.54) is 19.2 Å². The van der Waals surface area contributed by atoms with Crippen molar-refractivity contribution in [1.29, 1.82) is 0 Å². The number of anilines is 1. The first kappa shape index (κ1) is 15.4. The van der Waals surface area contributed by atoms with E-state index in [0.717, 1.165) is 50.3 Å². The Bertz CT molecular complexity index is 728. The second-order valence-corrected chi connectivity index (χ2v) is 6.98. The van der Waals surface area contributed by atoms with E-state index in [4.69, 9.17) is 0 Å². The number of nitrogens with one attached hydrogen (secondary N) is 1. The molecular formula is C17H24N6O. The lowest BCUT2D eigenvalue weighted by atomic mass is 9.95. The predicted molar refractivity (Wildman–Crippen MR) is 90.9 cm³/mol. The van der Waals surface area contributed by atoms with Crippen LogP contribution in [0.4, 0.5) is 5.82 Å². The minimum atomic E-state index is 0.135. The van der Waals surface area contributed by atoms with Crippen LogP contribution in [-0.2, 0) is 4.79 Å². The number of carbonyl (C=O) groups is 1. The predicted octanol–water partition coefficient (Wildman–Crippen LogP) is 1.71. The molecule has 4 rings (SSSR count). The van der Waals surface area contributed by atoms with Crippen LogP contribution < -0.4 is 10.2 Å². The van der Waals surface area contributed by atoms with Gasteiger partial charge in [-0.15, -0.1) is 0 Å². The van der Waals surface area contributed by atoms with Crippen molar-refractivity contribution < 1.29 is 4.79 Å². The molecule has 0 unspecified atom stereocenters. The maximum Gasteiger partial charge on any atom is 0.254 e. The molecule has 1 amide bonds. The first-order valence-corrected chi connectivity index (χ1v) is 8.93. The molecule has 24 heavy (non-hydrogen) atoms. The van der Waals surface area contributed by atoms with Crippen LogP contribution >= 0.6 is 0 Å². The van der Waals surface area contributed by atoms with Gasteiger partial charge in [-0.1, -0.05) is 12.8 Å². The number of amides is 1. The summed E-state index contributed by atoms with van der Waals surface area (Å²) in [5.74, 6) is 2.03. The minimum Gasteiger partial charge on any atom is -0.356 e. The first-order valence-electron chi connectivity index (χ1n) is 8.93. The van der Waals surface area contributed by atoms with Gasteiger partial charge in [0.25, 0.3) is 5.78 Å². The highest BCUT2D eigenvalue weighted by molar-refractivity contribution is 5.79. The summed E-state index contributed by atoms with van der Waals surface area (Å²) >= 11 is 0. The van der Waals surface area contributed by atoms with Gasteiger partial charge >= 0.3 is 0 Å². The maximum atomic E-state index is 12.5. The van der Waals surface area contributed by atoms with Crippen molar-refractivity contribution in [2.75, 3.05) is 18.0 Å². The normalized spacial score (nSPS) is 20.0. The number of aryl methyl sites for hydroxylation is 1. The second kappa shape index (κ2) is 6.37. The third-order valence-electron chi connectivity index (χ3n) is 5.25. The minimum absolute atomic E-state index is 0.135. The van der Waals surface area contributed by atoms with Crippen LogP contribution in [-0.4, -0.2) is 44.6 Å². The Balaban J connectivity index is 1.42. The van der Waals surface area contributed by atoms with E-state index in [1.807, 2.05) is 13.0 Å². The lowest BCUT2D eigenvalue weighted by Gasteiger charge is -2.33. The van der Waals surface area contributed by atoms with E-state index in [0.29, 0.717) is 11.8 Å². The Labute approximate surface area is 141 Å². The van der Waals surface area contributed by atoms with E-state index in [9.17, 15) is 4.79 Å². The van der Waals surface area contributed by atoms with Gasteiger partial charge in [0.1, 0.15) is 12.1 Å². The summed E-state index contributed by atoms with van der Waals surface area (Å²) in [5, 5.41) is 7.52. The monoisotopic (exact) mass is 328 g/mol. The smallest absolute Gasteiger partial charge is 0.254 e. The number of hydrogen-bond donors (Lipinski definition) is 1. The van der Waals surface area contributed by atoms with Gasteiger partial charge in [-0.25, -0.2) is 4.98 Å². The largest absolute Gasteiger partial charge is 0.356 e. The molecule has 1 saturated heterocycles. The van der Waals surface area contributed by atoms with Crippen molar-refractivity contribution in [3.05, 3.63) is 18.1 Å². The van der Waals surface area contributed by atoms with Crippen LogP contribution in [0.25, 0.3) is 5.78 Å². The molecule has 2 aromatic rings. The SMILES string of the molecule is Cc1cc(N2CCC(C(=O)NC3CCCC3)CC2)n2ncnc2n1. The molecule has 2 fully saturated rings. The molecule has 1 N–H and O–H groups in total. The number of carbonyl (C=O) groups excluding carboxylic acids is 1. The highest BCUT2D eigenvalue weighted by atomic mass is 16.1. The maximum absolute atomic E-state index is 12.5. The Hall–Kier alpha value is -2.18. The van der Waals surface area contributed by atoms with Crippen LogP contribution in [0.1, 0.15) is 44.2 Å². The Morgan fingerprint density at radius 3 is 2.71 bits per heavy atom. The molecule has 0 bridgehead atoms. The van der Waals surface area contributed by atoms with Crippen molar-refractivity contribution in [2.45, 2.75) is 51.5 Å². The molecule has 2 aromatic heterocycles. The zero-order valence-electron chi connectivity index (χ0n) is 14.1. The summed E-state index contributed by atoms with van der Waals surface area (Å²) < 4.78 is 1.78. The van der Waals surface area contributed by atoms with Crippen LogP contribution in [0.3, 0.4) is 0 Å². The van der Waals surface area contributed by atoms with Gasteiger partial charge in [0.2, 0.25) is 5.91 Å². The van der Waals surface area contributed by atoms with Crippen molar-refractivity contribution in [3.63, 3.8) is 0 Å². The van der Waals surface area contributed by atoms with Crippen LogP contribution in [0.5, 0.6) is 0 Å². The standard InChI is InChI=1S/C17H24N6O/c1-12-10-15(23-17(20-12)18-11-19-23)22-8-6-13(7-9-22)16(24)21-14-4-2-3-5-14/h10-11,13-14H,2-9H2,1H3,(H,21,24). The number of hydrogen-bond acceptors (Lipinski definition) is 5. The highest BCUT2D eigenvalue weighted by Crippen LogP contribution is 2.25. The third-order valence-corrected chi connectivity index (χ3v) is 5.25. The molecule has 0 radical (unpaired) electrons. The molecule has 1 aliphatic carbocycles. The Morgan fingerprint density at radius 1 is 1.21 bits per heavy atom. The topological polar surface area (TPSA) is 75.4 Å². The number of fused-ring (bicyclic) bond motifs is 1. The number of piperidine rings is 1. The van der Waals surface area contributed by atoms with Gasteiger partial charge in [-0.2, -0.15) is 14.6 Å². The summed E-state index contributed by atoms with van der Waals surface area (Å²) in [7, 11) is 0. The number of rotatable bonds is 3. The van der Waals surface area contributed by atoms with E-state index in [-0.39, 0.29) is 11.8 Å². The molecule has 0 atom stereocenters. The molecule has 2 aliphatic rings. The average Bonchev–Trinajstić information content (AvgIpc) is 3.25. The quantitative estimate of drug-likeness (QED) is 0.928. The zero-order chi connectivity index (χ0) is 16.5. The summed E-state index contributed by atoms with van der Waals surface area (Å²) in [6.45, 7) is 3.70. The molecule has 128 valence electrons. The molecule has 3 heterocycles. The molecule has 0 aromatic carbocycles. The van der Waals surface area contributed by atoms with E-state index < -0.39 is 0 Å². The molecule has 1 aliphatic heterocycles. The van der Waals surface area contributed by atoms with E-state index in [2.05, 4.69) is 25.3 Å². The van der Waals surface area contributed by atoms with Gasteiger partial charge in [-0.3, -0.25) is 4.79 Å². The Kier molecular flexibility index (Phi) is 4.08. The van der Waals surface area contributed by atoms with Gasteiger partial charge in [0.05, 0.1) is 0 Å². The second-order valence-electron chi connectivity index (χ2n) is 6.98. The molecule has 1 saturated carbocycles. The van der Waals surface area contributed by atoms with Crippen molar-refractivity contribution in [1.82, 2.24) is 24.9 Å². The molecule has 7 nitrogen and oxygen atoms in total. The summed E-state index contributed by atoms with van der Waals surface area (Å²) in [4.78, 5) is 23.3. The van der Waals surface area contributed by atoms with Crippen LogP contribution in [0.2, 0.25) is 0 Å². The van der Waals surface area contributed by atoms with E-state index >= 15 is 0 Å². The van der Waals surface area contributed by atoms with Crippen LogP contribution in [0.15, 0.2) is 12.4 Å². The lowest BCUT2D eigenvalue weighted by molar-refractivity contribution is -0.126. The number of nitrogens with zero attached hydrogens (tertiary/aromatic N) is 5. The van der Waals surface area contributed by atoms with Gasteiger partial charge in [0, 0.05) is 36.8 Å². The molecular weight excluding hydrogens is 304 g/mol. The zero-order valence-corrected chi connectivity index (χ0v) is 14.1. The first-order chi connectivity index (χ1) is 11.7. The fraction of sp³-hybridized carbons (Fsp3) is 0.647. The number of aromatic nitrogens is 4. The van der Waals surface area contributed by atoms with Crippen molar-refractivity contribution in [2.24, 2.45) is 5.92 Å².